The smallest absolute Gasteiger partial charge is 0.397 e. The quantitative estimate of drug-likeness (QED) is 0.759. The third-order valence-electron chi connectivity index (χ3n) is 4.71. The number of rotatable bonds is 5. The second-order valence-corrected chi connectivity index (χ2v) is 6.59. The van der Waals surface area contributed by atoms with Gasteiger partial charge in [0.1, 0.15) is 0 Å². The van der Waals surface area contributed by atoms with Gasteiger partial charge >= 0.3 is 6.18 Å². The molecule has 0 heterocycles. The SMILES string of the molecule is C=C(/C(N)=C/C)N(Cc1cccc(C(F)(F)F)c1)C1CCC(C)C1. The van der Waals surface area contributed by atoms with Gasteiger partial charge in [-0.15, -0.1) is 0 Å². The lowest BCUT2D eigenvalue weighted by molar-refractivity contribution is -0.137. The summed E-state index contributed by atoms with van der Waals surface area (Å²) in [5.41, 5.74) is 7.27. The summed E-state index contributed by atoms with van der Waals surface area (Å²) in [6.45, 7) is 8.49. The molecule has 1 aromatic carbocycles. The number of hydrogen-bond acceptors (Lipinski definition) is 2. The third-order valence-corrected chi connectivity index (χ3v) is 4.71. The Labute approximate surface area is 141 Å². The molecule has 1 aromatic rings. The van der Waals surface area contributed by atoms with Gasteiger partial charge in [0, 0.05) is 12.6 Å². The van der Waals surface area contributed by atoms with Crippen LogP contribution in [-0.4, -0.2) is 10.9 Å². The van der Waals surface area contributed by atoms with Crippen LogP contribution in [0.5, 0.6) is 0 Å². The van der Waals surface area contributed by atoms with Crippen molar-refractivity contribution < 1.29 is 13.2 Å². The zero-order valence-corrected chi connectivity index (χ0v) is 14.2. The van der Waals surface area contributed by atoms with Crippen molar-refractivity contribution in [3.63, 3.8) is 0 Å². The molecule has 0 bridgehead atoms. The van der Waals surface area contributed by atoms with E-state index in [2.05, 4.69) is 18.4 Å². The zero-order valence-electron chi connectivity index (χ0n) is 14.2. The molecule has 1 saturated carbocycles. The van der Waals surface area contributed by atoms with Gasteiger partial charge in [0.2, 0.25) is 0 Å². The van der Waals surface area contributed by atoms with Crippen molar-refractivity contribution in [3.8, 4) is 0 Å². The average molecular weight is 338 g/mol. The molecule has 5 heteroatoms. The summed E-state index contributed by atoms with van der Waals surface area (Å²) in [7, 11) is 0. The minimum Gasteiger partial charge on any atom is -0.397 e. The van der Waals surface area contributed by atoms with Crippen LogP contribution in [0.2, 0.25) is 0 Å². The fourth-order valence-corrected chi connectivity index (χ4v) is 3.28. The van der Waals surface area contributed by atoms with Crippen LogP contribution in [0.3, 0.4) is 0 Å². The van der Waals surface area contributed by atoms with Crippen LogP contribution in [0.4, 0.5) is 13.2 Å². The van der Waals surface area contributed by atoms with E-state index in [0.717, 1.165) is 25.3 Å². The fraction of sp³-hybridized carbons (Fsp3) is 0.474. The number of benzene rings is 1. The van der Waals surface area contributed by atoms with E-state index in [4.69, 9.17) is 5.73 Å². The number of alkyl halides is 3. The number of nitrogens with two attached hydrogens (primary N) is 1. The molecule has 2 nitrogen and oxygen atoms in total. The zero-order chi connectivity index (χ0) is 17.9. The highest BCUT2D eigenvalue weighted by Gasteiger charge is 2.31. The van der Waals surface area contributed by atoms with Crippen molar-refractivity contribution in [3.05, 3.63) is 59.4 Å². The standard InChI is InChI=1S/C19H25F3N2/c1-4-18(23)14(3)24(17-9-8-13(2)10-17)12-15-6-5-7-16(11-15)19(20,21)22/h4-7,11,13,17H,3,8-10,12,23H2,1-2H3/b18-4-. The molecular formula is C19H25F3N2. The van der Waals surface area contributed by atoms with Crippen molar-refractivity contribution in [1.29, 1.82) is 0 Å². The van der Waals surface area contributed by atoms with Gasteiger partial charge in [-0.25, -0.2) is 0 Å². The van der Waals surface area contributed by atoms with E-state index in [0.29, 0.717) is 29.4 Å². The number of hydrogen-bond donors (Lipinski definition) is 1. The second kappa shape index (κ2) is 7.32. The molecule has 1 fully saturated rings. The molecule has 2 atom stereocenters. The molecule has 0 spiro atoms. The molecule has 24 heavy (non-hydrogen) atoms. The van der Waals surface area contributed by atoms with Gasteiger partial charge in [-0.1, -0.05) is 31.7 Å². The fourth-order valence-electron chi connectivity index (χ4n) is 3.28. The Morgan fingerprint density at radius 1 is 1.38 bits per heavy atom. The Kier molecular flexibility index (Phi) is 5.62. The van der Waals surface area contributed by atoms with Crippen LogP contribution in [0, 0.1) is 5.92 Å². The molecule has 2 unspecified atom stereocenters. The first kappa shape index (κ1) is 18.4. The van der Waals surface area contributed by atoms with Gasteiger partial charge in [0.05, 0.1) is 17.0 Å². The Morgan fingerprint density at radius 2 is 2.08 bits per heavy atom. The molecule has 132 valence electrons. The average Bonchev–Trinajstić information content (AvgIpc) is 2.97. The van der Waals surface area contributed by atoms with E-state index in [9.17, 15) is 13.2 Å². The summed E-state index contributed by atoms with van der Waals surface area (Å²) in [5.74, 6) is 0.610. The van der Waals surface area contributed by atoms with E-state index in [1.807, 2.05) is 6.92 Å². The van der Waals surface area contributed by atoms with Crippen molar-refractivity contribution >= 4 is 0 Å². The Morgan fingerprint density at radius 3 is 2.62 bits per heavy atom. The molecule has 0 saturated heterocycles. The first-order chi connectivity index (χ1) is 11.2. The van der Waals surface area contributed by atoms with Gasteiger partial charge in [-0.2, -0.15) is 13.2 Å². The first-order valence-corrected chi connectivity index (χ1v) is 8.26. The van der Waals surface area contributed by atoms with E-state index >= 15 is 0 Å². The molecule has 0 aromatic heterocycles. The molecule has 2 N–H and O–H groups in total. The highest BCUT2D eigenvalue weighted by molar-refractivity contribution is 5.29. The van der Waals surface area contributed by atoms with Crippen molar-refractivity contribution in [2.75, 3.05) is 0 Å². The summed E-state index contributed by atoms with van der Waals surface area (Å²) >= 11 is 0. The molecule has 0 amide bonds. The number of allylic oxidation sites excluding steroid dienone is 1. The molecule has 2 rings (SSSR count). The molecule has 1 aliphatic carbocycles. The lowest BCUT2D eigenvalue weighted by Crippen LogP contribution is -2.34. The van der Waals surface area contributed by atoms with Gasteiger partial charge < -0.3 is 10.6 Å². The highest BCUT2D eigenvalue weighted by atomic mass is 19.4. The second-order valence-electron chi connectivity index (χ2n) is 6.59. The minimum absolute atomic E-state index is 0.264. The maximum absolute atomic E-state index is 12.9. The summed E-state index contributed by atoms with van der Waals surface area (Å²) in [5, 5.41) is 0. The first-order valence-electron chi connectivity index (χ1n) is 8.26. The number of nitrogens with zero attached hydrogens (tertiary/aromatic N) is 1. The Balaban J connectivity index is 2.27. The summed E-state index contributed by atoms with van der Waals surface area (Å²) in [4.78, 5) is 2.06. The molecule has 0 aliphatic heterocycles. The maximum Gasteiger partial charge on any atom is 0.416 e. The lowest BCUT2D eigenvalue weighted by atomic mass is 10.1. The van der Waals surface area contributed by atoms with Crippen LogP contribution < -0.4 is 5.73 Å². The third kappa shape index (κ3) is 4.34. The van der Waals surface area contributed by atoms with Crippen molar-refractivity contribution in [1.82, 2.24) is 4.90 Å². The Bertz CT molecular complexity index is 619. The van der Waals surface area contributed by atoms with Gasteiger partial charge in [-0.3, -0.25) is 0 Å². The minimum atomic E-state index is -4.33. The summed E-state index contributed by atoms with van der Waals surface area (Å²) < 4.78 is 38.8. The number of halogens is 3. The molecular weight excluding hydrogens is 313 g/mol. The summed E-state index contributed by atoms with van der Waals surface area (Å²) in [6, 6.07) is 5.75. The Hall–Kier alpha value is -1.91. The highest BCUT2D eigenvalue weighted by Crippen LogP contribution is 2.34. The van der Waals surface area contributed by atoms with E-state index in [1.165, 1.54) is 12.1 Å². The predicted molar refractivity (Wildman–Crippen MR) is 90.9 cm³/mol. The lowest BCUT2D eigenvalue weighted by Gasteiger charge is -2.33. The predicted octanol–water partition coefficient (Wildman–Crippen LogP) is 5.07. The van der Waals surface area contributed by atoms with Crippen molar-refractivity contribution in [2.24, 2.45) is 11.7 Å². The van der Waals surface area contributed by atoms with Gasteiger partial charge in [-0.05, 0) is 49.8 Å². The van der Waals surface area contributed by atoms with E-state index in [-0.39, 0.29) is 6.04 Å². The van der Waals surface area contributed by atoms with Crippen LogP contribution in [0.1, 0.15) is 44.2 Å². The van der Waals surface area contributed by atoms with Crippen LogP contribution in [0.15, 0.2) is 48.3 Å². The van der Waals surface area contributed by atoms with Crippen LogP contribution >= 0.6 is 0 Å². The van der Waals surface area contributed by atoms with E-state index in [1.54, 1.807) is 12.1 Å². The van der Waals surface area contributed by atoms with E-state index < -0.39 is 11.7 Å². The molecule has 0 radical (unpaired) electrons. The largest absolute Gasteiger partial charge is 0.416 e. The monoisotopic (exact) mass is 338 g/mol. The van der Waals surface area contributed by atoms with Crippen LogP contribution in [0.25, 0.3) is 0 Å². The van der Waals surface area contributed by atoms with Gasteiger partial charge in [0.15, 0.2) is 0 Å². The normalized spacial score (nSPS) is 21.8. The topological polar surface area (TPSA) is 29.3 Å². The molecule has 1 aliphatic rings. The summed E-state index contributed by atoms with van der Waals surface area (Å²) in [6.07, 6.45) is 0.583. The van der Waals surface area contributed by atoms with Gasteiger partial charge in [0.25, 0.3) is 0 Å². The van der Waals surface area contributed by atoms with Crippen molar-refractivity contribution in [2.45, 2.75) is 51.9 Å². The maximum atomic E-state index is 12.9. The van der Waals surface area contributed by atoms with Crippen LogP contribution in [-0.2, 0) is 12.7 Å².